The first-order valence-electron chi connectivity index (χ1n) is 16.3. The zero-order valence-electron chi connectivity index (χ0n) is 26.7. The highest BCUT2D eigenvalue weighted by molar-refractivity contribution is 7.21. The van der Waals surface area contributed by atoms with Crippen molar-refractivity contribution in [1.82, 2.24) is 9.97 Å². The van der Waals surface area contributed by atoms with Gasteiger partial charge in [-0.15, -0.1) is 11.3 Å². The minimum atomic E-state index is -0.256. The van der Waals surface area contributed by atoms with Gasteiger partial charge in [-0.25, -0.2) is 14.4 Å². The Kier molecular flexibility index (Phi) is 7.48. The average Bonchev–Trinajstić information content (AvgIpc) is 3.81. The van der Waals surface area contributed by atoms with Crippen LogP contribution in [0.1, 0.15) is 0 Å². The summed E-state index contributed by atoms with van der Waals surface area (Å²) in [4.78, 5) is 11.9. The molecule has 0 N–H and O–H groups in total. The number of benzene rings is 7. The fraction of sp³-hybridized carbons (Fsp3) is 0. The Morgan fingerprint density at radius 2 is 1.08 bits per heavy atom. The van der Waals surface area contributed by atoms with Gasteiger partial charge in [0.15, 0.2) is 5.58 Å². The van der Waals surface area contributed by atoms with Crippen molar-refractivity contribution >= 4 is 49.7 Å². The fourth-order valence-corrected chi connectivity index (χ4v) is 7.31. The lowest BCUT2D eigenvalue weighted by Gasteiger charge is -2.26. The molecule has 9 rings (SSSR count). The molecule has 4 nitrogen and oxygen atoms in total. The molecule has 0 saturated heterocycles. The molecular weight excluding hydrogens is 638 g/mol. The molecule has 0 saturated carbocycles. The van der Waals surface area contributed by atoms with E-state index in [0.717, 1.165) is 76.8 Å². The van der Waals surface area contributed by atoms with Crippen LogP contribution in [0.3, 0.4) is 0 Å². The highest BCUT2D eigenvalue weighted by atomic mass is 32.1. The zero-order chi connectivity index (χ0) is 33.4. The SMILES string of the molecule is Fc1ccc(-c2cccc(N(c3ccc(-c4ccc5nc(-c6ccccc6)sc5c4)cc3)c3cccc(-c4nc5ccccc5o4)c3)c2)cc1. The quantitative estimate of drug-likeness (QED) is 0.170. The predicted molar refractivity (Wildman–Crippen MR) is 204 cm³/mol. The number of rotatable bonds is 7. The predicted octanol–water partition coefficient (Wildman–Crippen LogP) is 12.7. The van der Waals surface area contributed by atoms with Crippen molar-refractivity contribution in [2.75, 3.05) is 4.90 Å². The molecule has 9 aromatic rings. The Hall–Kier alpha value is -6.37. The van der Waals surface area contributed by atoms with E-state index in [1.54, 1.807) is 11.3 Å². The topological polar surface area (TPSA) is 42.2 Å². The Morgan fingerprint density at radius 3 is 1.84 bits per heavy atom. The first-order chi connectivity index (χ1) is 24.6. The first kappa shape index (κ1) is 29.7. The summed E-state index contributed by atoms with van der Waals surface area (Å²) in [6.07, 6.45) is 0. The minimum Gasteiger partial charge on any atom is -0.436 e. The van der Waals surface area contributed by atoms with Gasteiger partial charge in [0.05, 0.1) is 10.2 Å². The second-order valence-electron chi connectivity index (χ2n) is 12.0. The summed E-state index contributed by atoms with van der Waals surface area (Å²) in [5.41, 5.74) is 11.7. The van der Waals surface area contributed by atoms with E-state index in [4.69, 9.17) is 14.4 Å². The van der Waals surface area contributed by atoms with Gasteiger partial charge in [-0.2, -0.15) is 0 Å². The number of para-hydroxylation sites is 2. The van der Waals surface area contributed by atoms with E-state index in [2.05, 4.69) is 83.8 Å². The molecule has 0 atom stereocenters. The van der Waals surface area contributed by atoms with Crippen LogP contribution in [-0.2, 0) is 0 Å². The third kappa shape index (κ3) is 5.72. The van der Waals surface area contributed by atoms with Gasteiger partial charge in [0, 0.05) is 28.2 Å². The van der Waals surface area contributed by atoms with Gasteiger partial charge in [0.1, 0.15) is 16.3 Å². The number of aromatic nitrogens is 2. The van der Waals surface area contributed by atoms with Crippen molar-refractivity contribution in [2.24, 2.45) is 0 Å². The lowest BCUT2D eigenvalue weighted by molar-refractivity contribution is 0.620. The average molecular weight is 666 g/mol. The molecule has 0 radical (unpaired) electrons. The number of hydrogen-bond acceptors (Lipinski definition) is 5. The molecule has 7 aromatic carbocycles. The van der Waals surface area contributed by atoms with Crippen molar-refractivity contribution in [1.29, 1.82) is 0 Å². The summed E-state index contributed by atoms with van der Waals surface area (Å²) in [6, 6.07) is 56.4. The zero-order valence-corrected chi connectivity index (χ0v) is 27.5. The number of fused-ring (bicyclic) bond motifs is 2. The van der Waals surface area contributed by atoms with Gasteiger partial charge in [0.25, 0.3) is 0 Å². The van der Waals surface area contributed by atoms with E-state index in [0.29, 0.717) is 5.89 Å². The van der Waals surface area contributed by atoms with E-state index in [1.165, 1.54) is 12.1 Å². The van der Waals surface area contributed by atoms with Gasteiger partial charge >= 0.3 is 0 Å². The Bertz CT molecular complexity index is 2580. The second-order valence-corrected chi connectivity index (χ2v) is 13.1. The molecule has 0 aliphatic rings. The number of nitrogens with zero attached hydrogens (tertiary/aromatic N) is 3. The highest BCUT2D eigenvalue weighted by Crippen LogP contribution is 2.40. The molecular formula is C44H28FN3OS. The Morgan fingerprint density at radius 1 is 0.460 bits per heavy atom. The number of oxazole rings is 1. The van der Waals surface area contributed by atoms with Gasteiger partial charge in [-0.1, -0.05) is 91.0 Å². The smallest absolute Gasteiger partial charge is 0.227 e. The van der Waals surface area contributed by atoms with E-state index >= 15 is 0 Å². The fourth-order valence-electron chi connectivity index (χ4n) is 6.30. The molecule has 2 heterocycles. The molecule has 6 heteroatoms. The highest BCUT2D eigenvalue weighted by Gasteiger charge is 2.17. The Balaban J connectivity index is 1.11. The van der Waals surface area contributed by atoms with E-state index in [9.17, 15) is 4.39 Å². The molecule has 0 fully saturated rings. The van der Waals surface area contributed by atoms with Crippen molar-refractivity contribution in [3.05, 3.63) is 176 Å². The lowest BCUT2D eigenvalue weighted by Crippen LogP contribution is -2.10. The third-order valence-corrected chi connectivity index (χ3v) is 9.86. The van der Waals surface area contributed by atoms with Crippen LogP contribution in [0.25, 0.3) is 65.6 Å². The summed E-state index contributed by atoms with van der Waals surface area (Å²) < 4.78 is 21.1. The van der Waals surface area contributed by atoms with Gasteiger partial charge in [0.2, 0.25) is 5.89 Å². The maximum absolute atomic E-state index is 13.8. The summed E-state index contributed by atoms with van der Waals surface area (Å²) >= 11 is 1.71. The van der Waals surface area contributed by atoms with Gasteiger partial charge < -0.3 is 9.32 Å². The molecule has 0 spiro atoms. The molecule has 0 bridgehead atoms. The second kappa shape index (κ2) is 12.6. The van der Waals surface area contributed by atoms with E-state index in [-0.39, 0.29) is 5.82 Å². The standard InChI is InChI=1S/C44H28FN3OS/c45-35-21-16-29(17-22-35)32-10-6-12-37(26-32)48(38-13-7-11-34(27-38)43-46-39-14-4-5-15-41(39)49-43)36-23-18-30(19-24-36)33-20-25-40-42(28-33)50-44(47-40)31-8-2-1-3-9-31/h1-28H. The van der Waals surface area contributed by atoms with Crippen molar-refractivity contribution in [3.8, 4) is 44.3 Å². The molecule has 0 unspecified atom stereocenters. The molecule has 0 aliphatic carbocycles. The number of halogens is 1. The van der Waals surface area contributed by atoms with Crippen LogP contribution in [0.5, 0.6) is 0 Å². The number of anilines is 3. The van der Waals surface area contributed by atoms with Crippen LogP contribution >= 0.6 is 11.3 Å². The molecule has 0 aliphatic heterocycles. The summed E-state index contributed by atoms with van der Waals surface area (Å²) in [7, 11) is 0. The van der Waals surface area contributed by atoms with Crippen LogP contribution in [-0.4, -0.2) is 9.97 Å². The summed E-state index contributed by atoms with van der Waals surface area (Å²) in [5.74, 6) is 0.311. The maximum Gasteiger partial charge on any atom is 0.227 e. The van der Waals surface area contributed by atoms with Crippen LogP contribution in [0.4, 0.5) is 21.5 Å². The maximum atomic E-state index is 13.8. The summed E-state index contributed by atoms with van der Waals surface area (Å²) in [6.45, 7) is 0. The largest absolute Gasteiger partial charge is 0.436 e. The molecule has 238 valence electrons. The van der Waals surface area contributed by atoms with Crippen molar-refractivity contribution in [3.63, 3.8) is 0 Å². The minimum absolute atomic E-state index is 0.256. The van der Waals surface area contributed by atoms with Crippen LogP contribution in [0.2, 0.25) is 0 Å². The van der Waals surface area contributed by atoms with E-state index < -0.39 is 0 Å². The normalized spacial score (nSPS) is 11.3. The van der Waals surface area contributed by atoms with E-state index in [1.807, 2.05) is 78.9 Å². The molecule has 2 aromatic heterocycles. The number of hydrogen-bond donors (Lipinski definition) is 0. The molecule has 50 heavy (non-hydrogen) atoms. The monoisotopic (exact) mass is 665 g/mol. The Labute approximate surface area is 292 Å². The van der Waals surface area contributed by atoms with Crippen molar-refractivity contribution < 1.29 is 8.81 Å². The van der Waals surface area contributed by atoms with Gasteiger partial charge in [-0.05, 0) is 101 Å². The molecule has 0 amide bonds. The van der Waals surface area contributed by atoms with Crippen LogP contribution in [0, 0.1) is 5.82 Å². The van der Waals surface area contributed by atoms with Crippen molar-refractivity contribution in [2.45, 2.75) is 0 Å². The number of thiazole rings is 1. The van der Waals surface area contributed by atoms with Gasteiger partial charge in [-0.3, -0.25) is 0 Å². The third-order valence-electron chi connectivity index (χ3n) is 8.80. The first-order valence-corrected chi connectivity index (χ1v) is 17.1. The lowest BCUT2D eigenvalue weighted by atomic mass is 10.0. The van der Waals surface area contributed by atoms with Crippen LogP contribution < -0.4 is 4.90 Å². The summed E-state index contributed by atoms with van der Waals surface area (Å²) in [5, 5.41) is 1.02. The van der Waals surface area contributed by atoms with Crippen LogP contribution in [0.15, 0.2) is 174 Å².